The summed E-state index contributed by atoms with van der Waals surface area (Å²) in [6.07, 6.45) is 1.62. The molecule has 4 nitrogen and oxygen atoms in total. The number of amides is 1. The summed E-state index contributed by atoms with van der Waals surface area (Å²) in [5, 5.41) is 3.98. The van der Waals surface area contributed by atoms with Crippen molar-refractivity contribution in [3.63, 3.8) is 0 Å². The molecular weight excluding hydrogens is 216 g/mol. The normalized spacial score (nSPS) is 10.7. The van der Waals surface area contributed by atoms with Crippen LogP contribution in [0.15, 0.2) is 34.9 Å². The van der Waals surface area contributed by atoms with E-state index in [4.69, 9.17) is 4.42 Å². The predicted molar refractivity (Wildman–Crippen MR) is 68.2 cm³/mol. The Hall–Kier alpha value is -1.81. The summed E-state index contributed by atoms with van der Waals surface area (Å²) in [5.74, 6) is 0.0263. The molecule has 17 heavy (non-hydrogen) atoms. The number of carbonyl (C=O) groups excluding carboxylic acids is 1. The van der Waals surface area contributed by atoms with Crippen molar-refractivity contribution in [1.29, 1.82) is 0 Å². The number of anilines is 1. The smallest absolute Gasteiger partial charge is 0.240 e. The second kappa shape index (κ2) is 5.01. The number of hydrogen-bond donors (Lipinski definition) is 1. The summed E-state index contributed by atoms with van der Waals surface area (Å²) in [6, 6.07) is 7.69. The number of para-hydroxylation sites is 1. The number of benzene rings is 1. The van der Waals surface area contributed by atoms with E-state index in [0.717, 1.165) is 23.2 Å². The molecule has 1 aromatic carbocycles. The minimum atomic E-state index is 0.0263. The Bertz CT molecular complexity index is 519. The largest absolute Gasteiger partial charge is 0.462 e. The Balaban J connectivity index is 2.24. The highest BCUT2D eigenvalue weighted by molar-refractivity contribution is 6.02. The van der Waals surface area contributed by atoms with E-state index in [1.807, 2.05) is 31.2 Å². The van der Waals surface area contributed by atoms with Gasteiger partial charge in [-0.1, -0.05) is 19.1 Å². The van der Waals surface area contributed by atoms with E-state index in [2.05, 4.69) is 5.32 Å². The van der Waals surface area contributed by atoms with Gasteiger partial charge in [-0.3, -0.25) is 4.79 Å². The zero-order chi connectivity index (χ0) is 12.3. The van der Waals surface area contributed by atoms with Gasteiger partial charge >= 0.3 is 0 Å². The van der Waals surface area contributed by atoms with Gasteiger partial charge in [-0.25, -0.2) is 0 Å². The van der Waals surface area contributed by atoms with Crippen LogP contribution in [-0.4, -0.2) is 26.0 Å². The molecule has 0 bridgehead atoms. The zero-order valence-corrected chi connectivity index (χ0v) is 10.1. The van der Waals surface area contributed by atoms with Crippen LogP contribution in [0.25, 0.3) is 11.0 Å². The molecule has 0 radical (unpaired) electrons. The van der Waals surface area contributed by atoms with E-state index in [1.165, 1.54) is 0 Å². The van der Waals surface area contributed by atoms with Gasteiger partial charge < -0.3 is 14.6 Å². The van der Waals surface area contributed by atoms with E-state index >= 15 is 0 Å². The Morgan fingerprint density at radius 3 is 2.94 bits per heavy atom. The van der Waals surface area contributed by atoms with Gasteiger partial charge in [0.15, 0.2) is 0 Å². The number of likely N-dealkylation sites (N-methyl/N-ethyl adjacent to an activating group) is 2. The SMILES string of the molecule is CCNCC(=O)N(C)c1coc2ccccc12. The second-order valence-electron chi connectivity index (χ2n) is 3.85. The fourth-order valence-corrected chi connectivity index (χ4v) is 1.71. The maximum Gasteiger partial charge on any atom is 0.240 e. The number of carbonyl (C=O) groups is 1. The lowest BCUT2D eigenvalue weighted by Gasteiger charge is -2.15. The monoisotopic (exact) mass is 232 g/mol. The molecule has 90 valence electrons. The van der Waals surface area contributed by atoms with Gasteiger partial charge in [-0.05, 0) is 18.7 Å². The van der Waals surface area contributed by atoms with Crippen molar-refractivity contribution in [2.75, 3.05) is 25.0 Å². The number of fused-ring (bicyclic) bond motifs is 1. The third-order valence-electron chi connectivity index (χ3n) is 2.72. The van der Waals surface area contributed by atoms with E-state index in [0.29, 0.717) is 6.54 Å². The lowest BCUT2D eigenvalue weighted by atomic mass is 10.2. The topological polar surface area (TPSA) is 45.5 Å². The minimum Gasteiger partial charge on any atom is -0.462 e. The van der Waals surface area contributed by atoms with E-state index < -0.39 is 0 Å². The highest BCUT2D eigenvalue weighted by Gasteiger charge is 2.15. The van der Waals surface area contributed by atoms with Crippen molar-refractivity contribution in [3.05, 3.63) is 30.5 Å². The molecule has 0 aliphatic heterocycles. The molecule has 1 N–H and O–H groups in total. The first kappa shape index (κ1) is 11.7. The molecule has 0 aliphatic carbocycles. The lowest BCUT2D eigenvalue weighted by molar-refractivity contribution is -0.117. The number of nitrogens with one attached hydrogen (secondary N) is 1. The van der Waals surface area contributed by atoms with Crippen LogP contribution >= 0.6 is 0 Å². The van der Waals surface area contributed by atoms with Gasteiger partial charge in [0.2, 0.25) is 5.91 Å². The Morgan fingerprint density at radius 2 is 2.18 bits per heavy atom. The van der Waals surface area contributed by atoms with Crippen LogP contribution in [0.3, 0.4) is 0 Å². The third-order valence-corrected chi connectivity index (χ3v) is 2.72. The van der Waals surface area contributed by atoms with Gasteiger partial charge in [-0.15, -0.1) is 0 Å². The first-order valence-electron chi connectivity index (χ1n) is 5.67. The van der Waals surface area contributed by atoms with Crippen LogP contribution in [0.5, 0.6) is 0 Å². The molecule has 4 heteroatoms. The Kier molecular flexibility index (Phi) is 3.44. The highest BCUT2D eigenvalue weighted by atomic mass is 16.3. The number of rotatable bonds is 4. The fraction of sp³-hybridized carbons (Fsp3) is 0.308. The maximum atomic E-state index is 11.9. The van der Waals surface area contributed by atoms with E-state index in [9.17, 15) is 4.79 Å². The molecule has 0 aliphatic rings. The molecule has 1 aromatic heterocycles. The van der Waals surface area contributed by atoms with Gasteiger partial charge in [0.1, 0.15) is 11.8 Å². The first-order valence-corrected chi connectivity index (χ1v) is 5.67. The lowest BCUT2D eigenvalue weighted by Crippen LogP contribution is -2.35. The minimum absolute atomic E-state index is 0.0263. The average Bonchev–Trinajstić information content (AvgIpc) is 2.78. The summed E-state index contributed by atoms with van der Waals surface area (Å²) in [5.41, 5.74) is 1.61. The molecular formula is C13H16N2O2. The van der Waals surface area contributed by atoms with Crippen molar-refractivity contribution in [1.82, 2.24) is 5.32 Å². The molecule has 2 rings (SSSR count). The molecule has 2 aromatic rings. The van der Waals surface area contributed by atoms with Gasteiger partial charge in [0.05, 0.1) is 12.2 Å². The number of hydrogen-bond acceptors (Lipinski definition) is 3. The zero-order valence-electron chi connectivity index (χ0n) is 10.1. The van der Waals surface area contributed by atoms with Crippen LogP contribution < -0.4 is 10.2 Å². The van der Waals surface area contributed by atoms with Gasteiger partial charge in [-0.2, -0.15) is 0 Å². The summed E-state index contributed by atoms with van der Waals surface area (Å²) >= 11 is 0. The standard InChI is InChI=1S/C13H16N2O2/c1-3-14-8-13(16)15(2)11-9-17-12-7-5-4-6-10(11)12/h4-7,9,14H,3,8H2,1-2H3. The molecule has 0 atom stereocenters. The van der Waals surface area contributed by atoms with Crippen LogP contribution in [0.2, 0.25) is 0 Å². The summed E-state index contributed by atoms with van der Waals surface area (Å²) in [7, 11) is 1.76. The highest BCUT2D eigenvalue weighted by Crippen LogP contribution is 2.27. The first-order chi connectivity index (χ1) is 8.24. The van der Waals surface area contributed by atoms with Crippen molar-refractivity contribution in [2.24, 2.45) is 0 Å². The molecule has 0 fully saturated rings. The van der Waals surface area contributed by atoms with Crippen molar-refractivity contribution in [2.45, 2.75) is 6.92 Å². The Labute approximate surface area is 100 Å². The summed E-state index contributed by atoms with van der Waals surface area (Å²) < 4.78 is 5.41. The molecule has 0 spiro atoms. The molecule has 0 saturated carbocycles. The van der Waals surface area contributed by atoms with Crippen molar-refractivity contribution < 1.29 is 9.21 Å². The second-order valence-corrected chi connectivity index (χ2v) is 3.85. The van der Waals surface area contributed by atoms with Crippen LogP contribution in [0.1, 0.15) is 6.92 Å². The van der Waals surface area contributed by atoms with E-state index in [1.54, 1.807) is 18.2 Å². The third kappa shape index (κ3) is 2.31. The Morgan fingerprint density at radius 1 is 1.41 bits per heavy atom. The average molecular weight is 232 g/mol. The van der Waals surface area contributed by atoms with Gasteiger partial charge in [0, 0.05) is 12.4 Å². The maximum absolute atomic E-state index is 11.9. The van der Waals surface area contributed by atoms with Gasteiger partial charge in [0.25, 0.3) is 0 Å². The van der Waals surface area contributed by atoms with E-state index in [-0.39, 0.29) is 5.91 Å². The fourth-order valence-electron chi connectivity index (χ4n) is 1.71. The number of nitrogens with zero attached hydrogens (tertiary/aromatic N) is 1. The quantitative estimate of drug-likeness (QED) is 0.877. The number of furan rings is 1. The predicted octanol–water partition coefficient (Wildman–Crippen LogP) is 2.01. The van der Waals surface area contributed by atoms with Crippen LogP contribution in [0.4, 0.5) is 5.69 Å². The molecule has 0 unspecified atom stereocenters. The van der Waals surface area contributed by atoms with Crippen LogP contribution in [-0.2, 0) is 4.79 Å². The van der Waals surface area contributed by atoms with Crippen molar-refractivity contribution >= 4 is 22.6 Å². The van der Waals surface area contributed by atoms with Crippen molar-refractivity contribution in [3.8, 4) is 0 Å². The molecule has 0 saturated heterocycles. The summed E-state index contributed by atoms with van der Waals surface area (Å²) in [6.45, 7) is 3.10. The van der Waals surface area contributed by atoms with Crippen LogP contribution in [0, 0.1) is 0 Å². The molecule has 1 amide bonds. The summed E-state index contributed by atoms with van der Waals surface area (Å²) in [4.78, 5) is 13.5. The molecule has 1 heterocycles.